The summed E-state index contributed by atoms with van der Waals surface area (Å²) in [5, 5.41) is 0. The summed E-state index contributed by atoms with van der Waals surface area (Å²) in [6, 6.07) is 5.42. The highest BCUT2D eigenvalue weighted by Gasteiger charge is 2.28. The van der Waals surface area contributed by atoms with Crippen LogP contribution < -0.4 is 5.73 Å². The quantitative estimate of drug-likeness (QED) is 0.872. The number of carbonyl (C=O) groups excluding carboxylic acids is 2. The predicted octanol–water partition coefficient (Wildman–Crippen LogP) is 0.703. The van der Waals surface area contributed by atoms with Crippen molar-refractivity contribution in [3.05, 3.63) is 53.5 Å². The number of amides is 2. The van der Waals surface area contributed by atoms with Crippen LogP contribution in [0.1, 0.15) is 16.2 Å². The first kappa shape index (κ1) is 15.3. The van der Waals surface area contributed by atoms with Gasteiger partial charge in [0.1, 0.15) is 5.69 Å². The number of nitrogens with zero attached hydrogens (tertiary/aromatic N) is 3. The number of nitrogens with two attached hydrogens (primary N) is 1. The predicted molar refractivity (Wildman–Crippen MR) is 86.4 cm³/mol. The van der Waals surface area contributed by atoms with Crippen LogP contribution in [0, 0.1) is 12.8 Å². The number of hydrogen-bond acceptors (Lipinski definition) is 4. The molecule has 2 N–H and O–H groups in total. The minimum atomic E-state index is -0.268. The van der Waals surface area contributed by atoms with Crippen LogP contribution in [0.3, 0.4) is 0 Å². The third kappa shape index (κ3) is 3.26. The highest BCUT2D eigenvalue weighted by Crippen LogP contribution is 2.17. The fourth-order valence-electron chi connectivity index (χ4n) is 2.85. The van der Waals surface area contributed by atoms with Gasteiger partial charge in [-0.15, -0.1) is 0 Å². The number of pyridine rings is 1. The van der Waals surface area contributed by atoms with E-state index in [9.17, 15) is 9.59 Å². The number of carbonyl (C=O) groups is 2. The van der Waals surface area contributed by atoms with Gasteiger partial charge in [-0.3, -0.25) is 9.59 Å². The van der Waals surface area contributed by atoms with E-state index in [4.69, 9.17) is 5.73 Å². The summed E-state index contributed by atoms with van der Waals surface area (Å²) in [5.74, 6) is -0.302. The summed E-state index contributed by atoms with van der Waals surface area (Å²) in [6.07, 6.45) is 5.33. The summed E-state index contributed by atoms with van der Waals surface area (Å²) in [7, 11) is 0. The molecule has 0 bridgehead atoms. The first-order valence-electron chi connectivity index (χ1n) is 7.72. The Kier molecular flexibility index (Phi) is 4.14. The average molecular weight is 312 g/mol. The molecule has 2 aliphatic rings. The van der Waals surface area contributed by atoms with Gasteiger partial charge in [0.05, 0.1) is 5.92 Å². The first-order chi connectivity index (χ1) is 11.0. The molecule has 2 amide bonds. The first-order valence-corrected chi connectivity index (χ1v) is 7.72. The molecule has 1 aromatic heterocycles. The Morgan fingerprint density at radius 3 is 2.48 bits per heavy atom. The van der Waals surface area contributed by atoms with Gasteiger partial charge in [-0.25, -0.2) is 4.98 Å². The Balaban J connectivity index is 1.59. The number of piperazine rings is 1. The summed E-state index contributed by atoms with van der Waals surface area (Å²) in [4.78, 5) is 32.7. The molecule has 1 aliphatic carbocycles. The molecule has 0 radical (unpaired) electrons. The lowest BCUT2D eigenvalue weighted by molar-refractivity contribution is -0.134. The van der Waals surface area contributed by atoms with Crippen molar-refractivity contribution in [1.82, 2.24) is 14.8 Å². The van der Waals surface area contributed by atoms with Crippen molar-refractivity contribution in [2.75, 3.05) is 26.2 Å². The van der Waals surface area contributed by atoms with E-state index in [-0.39, 0.29) is 17.7 Å². The van der Waals surface area contributed by atoms with Gasteiger partial charge in [-0.2, -0.15) is 0 Å². The van der Waals surface area contributed by atoms with Crippen molar-refractivity contribution in [2.24, 2.45) is 11.7 Å². The van der Waals surface area contributed by atoms with Crippen molar-refractivity contribution in [3.8, 4) is 0 Å². The summed E-state index contributed by atoms with van der Waals surface area (Å²) < 4.78 is 0. The second kappa shape index (κ2) is 6.24. The number of rotatable bonds is 2. The van der Waals surface area contributed by atoms with Gasteiger partial charge in [-0.05, 0) is 31.2 Å². The third-order valence-electron chi connectivity index (χ3n) is 4.14. The van der Waals surface area contributed by atoms with Crippen LogP contribution in [0.4, 0.5) is 0 Å². The maximum atomic E-state index is 12.5. The monoisotopic (exact) mass is 312 g/mol. The zero-order valence-corrected chi connectivity index (χ0v) is 13.1. The summed E-state index contributed by atoms with van der Waals surface area (Å²) in [6.45, 7) is 3.98. The van der Waals surface area contributed by atoms with Gasteiger partial charge in [-0.1, -0.05) is 12.1 Å². The van der Waals surface area contributed by atoms with Gasteiger partial charge in [0.2, 0.25) is 5.91 Å². The normalized spacial score (nSPS) is 20.6. The summed E-state index contributed by atoms with van der Waals surface area (Å²) in [5.41, 5.74) is 7.58. The maximum absolute atomic E-state index is 12.5. The molecule has 23 heavy (non-hydrogen) atoms. The SMILES string of the molecule is Cc1cccc(C(=O)N2CCN(C(=O)[C@H]3C=CC(N)=C3)CC2)n1. The maximum Gasteiger partial charge on any atom is 0.272 e. The zero-order chi connectivity index (χ0) is 16.4. The Bertz CT molecular complexity index is 688. The molecule has 2 heterocycles. The lowest BCUT2D eigenvalue weighted by atomic mass is 10.1. The lowest BCUT2D eigenvalue weighted by Crippen LogP contribution is -2.51. The Morgan fingerprint density at radius 2 is 1.87 bits per heavy atom. The molecule has 3 rings (SSSR count). The zero-order valence-electron chi connectivity index (χ0n) is 13.1. The molecule has 0 saturated carbocycles. The molecule has 120 valence electrons. The fraction of sp³-hybridized carbons (Fsp3) is 0.353. The van der Waals surface area contributed by atoms with E-state index in [1.807, 2.05) is 25.1 Å². The third-order valence-corrected chi connectivity index (χ3v) is 4.14. The summed E-state index contributed by atoms with van der Waals surface area (Å²) >= 11 is 0. The van der Waals surface area contributed by atoms with Crippen molar-refractivity contribution in [3.63, 3.8) is 0 Å². The Morgan fingerprint density at radius 1 is 1.17 bits per heavy atom. The highest BCUT2D eigenvalue weighted by molar-refractivity contribution is 5.92. The standard InChI is InChI=1S/C17H20N4O2/c1-12-3-2-4-15(19-12)17(23)21-9-7-20(8-10-21)16(22)13-5-6-14(18)11-13/h2-6,11,13H,7-10,18H2,1H3/t13-/m0/s1. The van der Waals surface area contributed by atoms with Crippen LogP contribution in [0.5, 0.6) is 0 Å². The molecule has 1 atom stereocenters. The molecule has 0 aromatic carbocycles. The Labute approximate surface area is 135 Å². The molecule has 6 nitrogen and oxygen atoms in total. The lowest BCUT2D eigenvalue weighted by Gasteiger charge is -2.35. The van der Waals surface area contributed by atoms with E-state index in [2.05, 4.69) is 4.98 Å². The van der Waals surface area contributed by atoms with Crippen molar-refractivity contribution < 1.29 is 9.59 Å². The second-order valence-electron chi connectivity index (χ2n) is 5.83. The van der Waals surface area contributed by atoms with E-state index < -0.39 is 0 Å². The van der Waals surface area contributed by atoms with E-state index in [0.29, 0.717) is 37.6 Å². The van der Waals surface area contributed by atoms with Crippen LogP contribution in [0.2, 0.25) is 0 Å². The van der Waals surface area contributed by atoms with E-state index in [1.165, 1.54) is 0 Å². The molecule has 6 heteroatoms. The van der Waals surface area contributed by atoms with E-state index in [0.717, 1.165) is 5.69 Å². The van der Waals surface area contributed by atoms with Crippen LogP contribution in [-0.2, 0) is 4.79 Å². The number of hydrogen-bond donors (Lipinski definition) is 1. The molecule has 1 aromatic rings. The molecule has 1 saturated heterocycles. The van der Waals surface area contributed by atoms with Gasteiger partial charge >= 0.3 is 0 Å². The molecule has 1 aliphatic heterocycles. The van der Waals surface area contributed by atoms with Crippen LogP contribution in [0.25, 0.3) is 0 Å². The van der Waals surface area contributed by atoms with Crippen molar-refractivity contribution in [2.45, 2.75) is 6.92 Å². The fourth-order valence-corrected chi connectivity index (χ4v) is 2.85. The topological polar surface area (TPSA) is 79.5 Å². The van der Waals surface area contributed by atoms with Gasteiger partial charge in [0, 0.05) is 37.6 Å². The van der Waals surface area contributed by atoms with Crippen molar-refractivity contribution >= 4 is 11.8 Å². The van der Waals surface area contributed by atoms with Gasteiger partial charge < -0.3 is 15.5 Å². The number of aryl methyl sites for hydroxylation is 1. The van der Waals surface area contributed by atoms with Crippen LogP contribution in [0.15, 0.2) is 42.1 Å². The van der Waals surface area contributed by atoms with E-state index in [1.54, 1.807) is 28.0 Å². The molecular weight excluding hydrogens is 292 g/mol. The largest absolute Gasteiger partial charge is 0.399 e. The van der Waals surface area contributed by atoms with Crippen LogP contribution in [-0.4, -0.2) is 52.8 Å². The highest BCUT2D eigenvalue weighted by atomic mass is 16.2. The smallest absolute Gasteiger partial charge is 0.272 e. The Hall–Kier alpha value is -2.63. The average Bonchev–Trinajstić information content (AvgIpc) is 3.00. The molecule has 0 unspecified atom stereocenters. The van der Waals surface area contributed by atoms with Crippen molar-refractivity contribution in [1.29, 1.82) is 0 Å². The van der Waals surface area contributed by atoms with Crippen LogP contribution >= 0.6 is 0 Å². The molecular formula is C17H20N4O2. The number of aromatic nitrogens is 1. The minimum Gasteiger partial charge on any atom is -0.399 e. The van der Waals surface area contributed by atoms with Gasteiger partial charge in [0.15, 0.2) is 0 Å². The minimum absolute atomic E-state index is 0.0440. The van der Waals surface area contributed by atoms with Gasteiger partial charge in [0.25, 0.3) is 5.91 Å². The second-order valence-corrected chi connectivity index (χ2v) is 5.83. The number of allylic oxidation sites excluding steroid dienone is 1. The molecule has 1 fully saturated rings. The molecule has 0 spiro atoms. The van der Waals surface area contributed by atoms with E-state index >= 15 is 0 Å².